The first-order chi connectivity index (χ1) is 17.4. The van der Waals surface area contributed by atoms with Gasteiger partial charge in [-0.3, -0.25) is 9.59 Å². The van der Waals surface area contributed by atoms with Crippen molar-refractivity contribution in [1.29, 1.82) is 0 Å². The molecule has 2 aromatic carbocycles. The van der Waals surface area contributed by atoms with Crippen LogP contribution >= 0.6 is 24.0 Å². The Hall–Kier alpha value is -2.98. The molecule has 0 fully saturated rings. The van der Waals surface area contributed by atoms with Crippen LogP contribution in [0.4, 0.5) is 8.78 Å². The van der Waals surface area contributed by atoms with Crippen molar-refractivity contribution in [2.75, 3.05) is 7.11 Å². The monoisotopic (exact) mass is 546 g/mol. The first-order valence-corrected chi connectivity index (χ1v) is 13.0. The molecule has 0 bridgehead atoms. The van der Waals surface area contributed by atoms with Crippen molar-refractivity contribution in [3.63, 3.8) is 0 Å². The number of nitrogens with zero attached hydrogens (tertiary/aromatic N) is 1. The van der Waals surface area contributed by atoms with Gasteiger partial charge < -0.3 is 14.8 Å². The van der Waals surface area contributed by atoms with Gasteiger partial charge >= 0.3 is 5.97 Å². The predicted octanol–water partition coefficient (Wildman–Crippen LogP) is 5.52. The molecule has 6 nitrogen and oxygen atoms in total. The summed E-state index contributed by atoms with van der Waals surface area (Å²) >= 11 is 5.81. The minimum Gasteiger partial charge on any atom is -0.496 e. The van der Waals surface area contributed by atoms with E-state index in [0.29, 0.717) is 26.8 Å². The van der Waals surface area contributed by atoms with Gasteiger partial charge in [-0.05, 0) is 75.1 Å². The maximum atomic E-state index is 13.9. The van der Waals surface area contributed by atoms with Crippen LogP contribution in [0.5, 0.6) is 5.75 Å². The van der Waals surface area contributed by atoms with Crippen LogP contribution in [0.15, 0.2) is 40.6 Å². The highest BCUT2D eigenvalue weighted by Gasteiger charge is 2.46. The first kappa shape index (κ1) is 27.1. The number of nitrogens with one attached hydrogen (secondary N) is 1. The normalized spacial score (nSPS) is 14.2. The Balaban J connectivity index is 1.52. The van der Waals surface area contributed by atoms with Gasteiger partial charge in [0.2, 0.25) is 5.91 Å². The largest absolute Gasteiger partial charge is 0.496 e. The van der Waals surface area contributed by atoms with Crippen molar-refractivity contribution < 1.29 is 27.8 Å². The van der Waals surface area contributed by atoms with Gasteiger partial charge in [0, 0.05) is 15.8 Å². The highest BCUT2D eigenvalue weighted by molar-refractivity contribution is 7.80. The van der Waals surface area contributed by atoms with Gasteiger partial charge in [-0.1, -0.05) is 0 Å². The number of benzene rings is 2. The average molecular weight is 547 g/mol. The number of ether oxygens (including phenoxy) is 2. The molecule has 0 atom stereocenters. The Morgan fingerprint density at radius 1 is 1.14 bits per heavy atom. The number of methoxy groups -OCH3 is 1. The molecule has 0 saturated carbocycles. The highest BCUT2D eigenvalue weighted by Crippen LogP contribution is 2.41. The van der Waals surface area contributed by atoms with Crippen LogP contribution in [0.2, 0.25) is 0 Å². The van der Waals surface area contributed by atoms with Crippen molar-refractivity contribution in [1.82, 2.24) is 10.3 Å². The Bertz CT molecular complexity index is 1320. The Labute approximate surface area is 223 Å². The fraction of sp³-hybridized carbons (Fsp3) is 0.370. The molecule has 0 saturated heterocycles. The molecule has 0 aliphatic heterocycles. The molecule has 1 amide bonds. The summed E-state index contributed by atoms with van der Waals surface area (Å²) in [5, 5.41) is 5.43. The summed E-state index contributed by atoms with van der Waals surface area (Å²) in [5.41, 5.74) is 0.657. The summed E-state index contributed by atoms with van der Waals surface area (Å²) in [4.78, 5) is 31.5. The van der Waals surface area contributed by atoms with Gasteiger partial charge in [-0.25, -0.2) is 13.8 Å². The van der Waals surface area contributed by atoms with Crippen molar-refractivity contribution in [2.24, 2.45) is 5.41 Å². The van der Waals surface area contributed by atoms with Gasteiger partial charge in [-0.2, -0.15) is 0 Å². The van der Waals surface area contributed by atoms with Gasteiger partial charge in [0.1, 0.15) is 16.4 Å². The van der Waals surface area contributed by atoms with E-state index >= 15 is 0 Å². The Morgan fingerprint density at radius 2 is 1.78 bits per heavy atom. The third-order valence-corrected chi connectivity index (χ3v) is 7.31. The lowest BCUT2D eigenvalue weighted by atomic mass is 9.80. The molecule has 1 aliphatic rings. The number of hydrogen-bond acceptors (Lipinski definition) is 7. The number of halogens is 2. The van der Waals surface area contributed by atoms with Crippen molar-refractivity contribution in [2.45, 2.75) is 57.1 Å². The lowest BCUT2D eigenvalue weighted by molar-refractivity contribution is -0.160. The quantitative estimate of drug-likeness (QED) is 0.302. The molecular formula is C27H28F2N2O4S2. The fourth-order valence-electron chi connectivity index (χ4n) is 4.49. The van der Waals surface area contributed by atoms with Crippen LogP contribution in [0, 0.1) is 17.0 Å². The summed E-state index contributed by atoms with van der Waals surface area (Å²) in [6.07, 6.45) is -0.0116. The number of amides is 1. The molecule has 10 heteroatoms. The molecule has 0 unspecified atom stereocenters. The average Bonchev–Trinajstić information content (AvgIpc) is 3.41. The van der Waals surface area contributed by atoms with E-state index in [9.17, 15) is 18.4 Å². The molecule has 0 spiro atoms. The summed E-state index contributed by atoms with van der Waals surface area (Å²) in [6.45, 7) is 5.37. The summed E-state index contributed by atoms with van der Waals surface area (Å²) in [5.74, 6) is -2.25. The Kier molecular flexibility index (Phi) is 7.62. The summed E-state index contributed by atoms with van der Waals surface area (Å²) in [6, 6.07) is 7.74. The minimum absolute atomic E-state index is 0.101. The van der Waals surface area contributed by atoms with Crippen LogP contribution in [0.3, 0.4) is 0 Å². The molecule has 1 heterocycles. The number of thiol groups is 1. The third kappa shape index (κ3) is 6.13. The van der Waals surface area contributed by atoms with E-state index in [1.807, 2.05) is 23.6 Å². The van der Waals surface area contributed by atoms with E-state index in [0.717, 1.165) is 23.4 Å². The second kappa shape index (κ2) is 10.4. The predicted molar refractivity (Wildman–Crippen MR) is 140 cm³/mol. The molecule has 0 radical (unpaired) electrons. The van der Waals surface area contributed by atoms with E-state index < -0.39 is 34.5 Å². The second-order valence-corrected chi connectivity index (χ2v) is 11.6. The van der Waals surface area contributed by atoms with Gasteiger partial charge in [-0.15, -0.1) is 24.0 Å². The van der Waals surface area contributed by atoms with Gasteiger partial charge in [0.25, 0.3) is 0 Å². The maximum Gasteiger partial charge on any atom is 0.307 e. The molecular weight excluding hydrogens is 518 g/mol. The van der Waals surface area contributed by atoms with Gasteiger partial charge in [0.15, 0.2) is 11.6 Å². The first-order valence-electron chi connectivity index (χ1n) is 11.7. The SMILES string of the molecule is COc1ccc(-c2csc(CNC(=O)C3(CC(=O)OC(C)(C)C)Cc4cc(F)c(F)cc4C3)n2)cc1S. The van der Waals surface area contributed by atoms with E-state index in [4.69, 9.17) is 9.47 Å². The second-order valence-electron chi connectivity index (χ2n) is 10.1. The number of thiazole rings is 1. The Morgan fingerprint density at radius 3 is 2.35 bits per heavy atom. The summed E-state index contributed by atoms with van der Waals surface area (Å²) < 4.78 is 38.5. The van der Waals surface area contributed by atoms with Crippen LogP contribution in [-0.4, -0.2) is 29.6 Å². The number of rotatable bonds is 7. The molecule has 1 aliphatic carbocycles. The van der Waals surface area contributed by atoms with Crippen LogP contribution < -0.4 is 10.1 Å². The van der Waals surface area contributed by atoms with E-state index in [2.05, 4.69) is 22.9 Å². The molecule has 4 rings (SSSR count). The fourth-order valence-corrected chi connectivity index (χ4v) is 5.53. The number of aromatic nitrogens is 1. The molecule has 1 aromatic heterocycles. The number of carbonyl (C=O) groups is 2. The molecule has 37 heavy (non-hydrogen) atoms. The standard InChI is InChI=1S/C27H28F2N2O4S2/c1-26(2,3)35-24(32)12-27(10-16-7-18(28)19(29)8-17(16)11-27)25(33)30-13-23-31-20(14-37-23)15-5-6-21(34-4)22(36)9-15/h5-9,14,36H,10-13H2,1-4H3,(H,30,33). The van der Waals surface area contributed by atoms with E-state index in [1.165, 1.54) is 11.3 Å². The van der Waals surface area contributed by atoms with Crippen molar-refractivity contribution in [3.8, 4) is 17.0 Å². The molecule has 196 valence electrons. The lowest BCUT2D eigenvalue weighted by Gasteiger charge is -2.28. The van der Waals surface area contributed by atoms with E-state index in [1.54, 1.807) is 27.9 Å². The van der Waals surface area contributed by atoms with Crippen molar-refractivity contribution in [3.05, 3.63) is 63.5 Å². The number of fused-ring (bicyclic) bond motifs is 1. The zero-order valence-corrected chi connectivity index (χ0v) is 22.7. The lowest BCUT2D eigenvalue weighted by Crippen LogP contribution is -2.44. The summed E-state index contributed by atoms with van der Waals surface area (Å²) in [7, 11) is 1.57. The molecule has 1 N–H and O–H groups in total. The smallest absolute Gasteiger partial charge is 0.307 e. The van der Waals surface area contributed by atoms with Gasteiger partial charge in [0.05, 0.1) is 31.2 Å². The third-order valence-electron chi connectivity index (χ3n) is 6.11. The zero-order chi connectivity index (χ0) is 27.0. The zero-order valence-electron chi connectivity index (χ0n) is 21.0. The molecule has 3 aromatic rings. The van der Waals surface area contributed by atoms with Crippen LogP contribution in [-0.2, 0) is 33.7 Å². The highest BCUT2D eigenvalue weighted by atomic mass is 32.1. The van der Waals surface area contributed by atoms with Crippen LogP contribution in [0.25, 0.3) is 11.3 Å². The number of carbonyl (C=O) groups excluding carboxylic acids is 2. The topological polar surface area (TPSA) is 77.5 Å². The van der Waals surface area contributed by atoms with E-state index in [-0.39, 0.29) is 25.8 Å². The number of hydrogen-bond donors (Lipinski definition) is 2. The number of esters is 1. The minimum atomic E-state index is -1.22. The van der Waals surface area contributed by atoms with Crippen molar-refractivity contribution >= 4 is 35.8 Å². The maximum absolute atomic E-state index is 13.9. The van der Waals surface area contributed by atoms with Crippen LogP contribution in [0.1, 0.15) is 43.3 Å².